The molecule has 1 aromatic carbocycles. The van der Waals surface area contributed by atoms with Crippen molar-refractivity contribution >= 4 is 5.82 Å². The number of aliphatic hydroxyl groups is 1. The van der Waals surface area contributed by atoms with E-state index in [1.54, 1.807) is 29.3 Å². The Bertz CT molecular complexity index is 889. The van der Waals surface area contributed by atoms with Crippen molar-refractivity contribution in [2.45, 2.75) is 31.4 Å². The Balaban J connectivity index is 1.46. The van der Waals surface area contributed by atoms with Crippen LogP contribution in [0, 0.1) is 5.82 Å². The molecule has 1 N–H and O–H groups in total. The highest BCUT2D eigenvalue weighted by atomic mass is 19.1. The van der Waals surface area contributed by atoms with Gasteiger partial charge >= 0.3 is 0 Å². The van der Waals surface area contributed by atoms with Crippen molar-refractivity contribution in [3.63, 3.8) is 0 Å². The summed E-state index contributed by atoms with van der Waals surface area (Å²) < 4.78 is 14.8. The van der Waals surface area contributed by atoms with Crippen molar-refractivity contribution in [3.05, 3.63) is 66.1 Å². The first-order valence-electron chi connectivity index (χ1n) is 8.59. The molecule has 0 amide bonds. The van der Waals surface area contributed by atoms with Gasteiger partial charge in [-0.2, -0.15) is 5.10 Å². The number of hydrogen-bond donors (Lipinski definition) is 1. The van der Waals surface area contributed by atoms with E-state index in [1.807, 2.05) is 24.2 Å². The summed E-state index contributed by atoms with van der Waals surface area (Å²) >= 11 is 0. The van der Waals surface area contributed by atoms with E-state index in [2.05, 4.69) is 15.1 Å². The first-order chi connectivity index (χ1) is 12.6. The van der Waals surface area contributed by atoms with Gasteiger partial charge in [-0.15, -0.1) is 0 Å². The lowest BCUT2D eigenvalue weighted by molar-refractivity contribution is 0.0732. The molecule has 0 bridgehead atoms. The third-order valence-corrected chi connectivity index (χ3v) is 4.74. The molecule has 134 valence electrons. The Morgan fingerprint density at radius 2 is 2.00 bits per heavy atom. The molecule has 7 heteroatoms. The van der Waals surface area contributed by atoms with Crippen molar-refractivity contribution in [1.82, 2.24) is 19.7 Å². The number of rotatable bonds is 5. The summed E-state index contributed by atoms with van der Waals surface area (Å²) in [5, 5.41) is 13.8. The summed E-state index contributed by atoms with van der Waals surface area (Å²) in [6.07, 6.45) is 6.63. The molecule has 0 unspecified atom stereocenters. The summed E-state index contributed by atoms with van der Waals surface area (Å²) in [5.74, 6) is 0.895. The van der Waals surface area contributed by atoms with Crippen LogP contribution in [0.2, 0.25) is 0 Å². The van der Waals surface area contributed by atoms with Gasteiger partial charge in [0.2, 0.25) is 0 Å². The third kappa shape index (κ3) is 3.43. The van der Waals surface area contributed by atoms with Gasteiger partial charge in [-0.1, -0.05) is 0 Å². The van der Waals surface area contributed by atoms with Crippen molar-refractivity contribution in [2.75, 3.05) is 11.9 Å². The van der Waals surface area contributed by atoms with Crippen molar-refractivity contribution < 1.29 is 9.50 Å². The zero-order chi connectivity index (χ0) is 18.1. The van der Waals surface area contributed by atoms with E-state index >= 15 is 0 Å². The Morgan fingerprint density at radius 3 is 2.73 bits per heavy atom. The molecule has 0 aliphatic heterocycles. The molecule has 1 aliphatic rings. The Kier molecular flexibility index (Phi) is 4.38. The second kappa shape index (κ2) is 6.84. The quantitative estimate of drug-likeness (QED) is 0.764. The normalized spacial score (nSPS) is 19.2. The first kappa shape index (κ1) is 16.7. The van der Waals surface area contributed by atoms with Crippen LogP contribution < -0.4 is 4.90 Å². The number of aliphatic hydroxyl groups excluding tert-OH is 1. The number of nitrogens with zero attached hydrogens (tertiary/aromatic N) is 5. The summed E-state index contributed by atoms with van der Waals surface area (Å²) in [6.45, 7) is 0.644. The molecule has 2 aromatic heterocycles. The maximum absolute atomic E-state index is 13.0. The third-order valence-electron chi connectivity index (χ3n) is 4.74. The van der Waals surface area contributed by atoms with E-state index < -0.39 is 0 Å². The number of aromatic nitrogens is 4. The maximum atomic E-state index is 13.0. The molecular formula is C19H20FN5O. The molecule has 4 rings (SSSR count). The minimum absolute atomic E-state index is 0.201. The van der Waals surface area contributed by atoms with Crippen LogP contribution in [0.4, 0.5) is 10.2 Å². The largest absolute Gasteiger partial charge is 0.393 e. The molecule has 0 atom stereocenters. The highest BCUT2D eigenvalue weighted by molar-refractivity contribution is 5.40. The molecule has 1 saturated carbocycles. The molecule has 1 fully saturated rings. The van der Waals surface area contributed by atoms with Gasteiger partial charge in [-0.25, -0.2) is 19.0 Å². The number of hydrogen-bond acceptors (Lipinski definition) is 5. The fourth-order valence-electron chi connectivity index (χ4n) is 3.15. The summed E-state index contributed by atoms with van der Waals surface area (Å²) in [7, 11) is 1.97. The number of halogens is 1. The van der Waals surface area contributed by atoms with E-state index in [1.165, 1.54) is 12.1 Å². The monoisotopic (exact) mass is 353 g/mol. The van der Waals surface area contributed by atoms with Crippen LogP contribution >= 0.6 is 0 Å². The molecule has 1 aliphatic carbocycles. The van der Waals surface area contributed by atoms with E-state index in [0.717, 1.165) is 35.6 Å². The average Bonchev–Trinajstić information content (AvgIpc) is 3.08. The van der Waals surface area contributed by atoms with Gasteiger partial charge in [-0.05, 0) is 37.1 Å². The first-order valence-corrected chi connectivity index (χ1v) is 8.59. The topological polar surface area (TPSA) is 67.1 Å². The van der Waals surface area contributed by atoms with Gasteiger partial charge in [0.1, 0.15) is 18.0 Å². The van der Waals surface area contributed by atoms with Gasteiger partial charge in [0.25, 0.3) is 0 Å². The minimum Gasteiger partial charge on any atom is -0.393 e. The van der Waals surface area contributed by atoms with E-state index in [0.29, 0.717) is 12.5 Å². The lowest BCUT2D eigenvalue weighted by Gasteiger charge is -2.31. The van der Waals surface area contributed by atoms with Crippen molar-refractivity contribution in [3.8, 4) is 5.69 Å². The summed E-state index contributed by atoms with van der Waals surface area (Å²) in [5.41, 5.74) is 2.82. The predicted octanol–water partition coefficient (Wildman–Crippen LogP) is 2.68. The Labute approximate surface area is 150 Å². The van der Waals surface area contributed by atoms with Gasteiger partial charge in [-0.3, -0.25) is 0 Å². The highest BCUT2D eigenvalue weighted by Crippen LogP contribution is 2.36. The molecule has 0 saturated heterocycles. The van der Waals surface area contributed by atoms with Crippen LogP contribution in [0.3, 0.4) is 0 Å². The van der Waals surface area contributed by atoms with Gasteiger partial charge < -0.3 is 10.0 Å². The van der Waals surface area contributed by atoms with Crippen LogP contribution in [0.25, 0.3) is 5.69 Å². The Morgan fingerprint density at radius 1 is 1.23 bits per heavy atom. The van der Waals surface area contributed by atoms with Gasteiger partial charge in [0, 0.05) is 43.0 Å². The molecule has 2 heterocycles. The van der Waals surface area contributed by atoms with Gasteiger partial charge in [0.15, 0.2) is 0 Å². The van der Waals surface area contributed by atoms with Gasteiger partial charge in [0.05, 0.1) is 18.0 Å². The molecule has 0 spiro atoms. The molecule has 0 radical (unpaired) electrons. The highest BCUT2D eigenvalue weighted by Gasteiger charge is 2.29. The van der Waals surface area contributed by atoms with Crippen molar-refractivity contribution in [2.24, 2.45) is 0 Å². The Hall–Kier alpha value is -2.80. The van der Waals surface area contributed by atoms with E-state index in [-0.39, 0.29) is 11.9 Å². The predicted molar refractivity (Wildman–Crippen MR) is 95.6 cm³/mol. The smallest absolute Gasteiger partial charge is 0.132 e. The number of benzene rings is 1. The lowest BCUT2D eigenvalue weighted by atomic mass is 9.80. The molecular weight excluding hydrogens is 333 g/mol. The molecule has 6 nitrogen and oxygen atoms in total. The summed E-state index contributed by atoms with van der Waals surface area (Å²) in [6, 6.07) is 8.21. The van der Waals surface area contributed by atoms with Crippen molar-refractivity contribution in [1.29, 1.82) is 0 Å². The van der Waals surface area contributed by atoms with Crippen LogP contribution in [0.5, 0.6) is 0 Å². The van der Waals surface area contributed by atoms with Crippen LogP contribution in [0.1, 0.15) is 30.0 Å². The van der Waals surface area contributed by atoms with Crippen LogP contribution in [-0.4, -0.2) is 38.0 Å². The number of anilines is 1. The second-order valence-corrected chi connectivity index (χ2v) is 6.75. The lowest BCUT2D eigenvalue weighted by Crippen LogP contribution is -2.27. The molecule has 26 heavy (non-hydrogen) atoms. The SMILES string of the molecule is CN(Cc1cnn(-c2ccc(F)cc2)c1)c1cc(C2CC(O)C2)ncn1. The van der Waals surface area contributed by atoms with Crippen LogP contribution in [0.15, 0.2) is 49.1 Å². The molecule has 3 aromatic rings. The fourth-order valence-corrected chi connectivity index (χ4v) is 3.15. The fraction of sp³-hybridized carbons (Fsp3) is 0.316. The van der Waals surface area contributed by atoms with E-state index in [4.69, 9.17) is 0 Å². The average molecular weight is 353 g/mol. The maximum Gasteiger partial charge on any atom is 0.132 e. The summed E-state index contributed by atoms with van der Waals surface area (Å²) in [4.78, 5) is 10.7. The minimum atomic E-state index is -0.264. The van der Waals surface area contributed by atoms with E-state index in [9.17, 15) is 9.50 Å². The van der Waals surface area contributed by atoms with Crippen LogP contribution in [-0.2, 0) is 6.54 Å². The zero-order valence-electron chi connectivity index (χ0n) is 14.5. The zero-order valence-corrected chi connectivity index (χ0v) is 14.5. The second-order valence-electron chi connectivity index (χ2n) is 6.75. The standard InChI is InChI=1S/C19H20FN5O/c1-24(19-8-18(21-12-22-19)14-6-17(26)7-14)10-13-9-23-25(11-13)16-4-2-15(20)3-5-16/h2-5,8-9,11-12,14,17,26H,6-7,10H2,1H3.